The Labute approximate surface area is 102 Å². The van der Waals surface area contributed by atoms with Crippen molar-refractivity contribution >= 4 is 5.91 Å². The van der Waals surface area contributed by atoms with Crippen LogP contribution in [0.5, 0.6) is 0 Å². The molecular formula is C13H19N3O. The van der Waals surface area contributed by atoms with Crippen LogP contribution in [0.1, 0.15) is 38.1 Å². The maximum Gasteiger partial charge on any atom is 0.246 e. The normalized spacial score (nSPS) is 19.3. The first kappa shape index (κ1) is 11.9. The highest BCUT2D eigenvalue weighted by molar-refractivity contribution is 5.87. The van der Waals surface area contributed by atoms with Crippen LogP contribution in [0.4, 0.5) is 0 Å². The van der Waals surface area contributed by atoms with E-state index >= 15 is 0 Å². The van der Waals surface area contributed by atoms with Crippen molar-refractivity contribution in [1.82, 2.24) is 14.7 Å². The first-order valence-electron chi connectivity index (χ1n) is 6.02. The molecule has 0 fully saturated rings. The van der Waals surface area contributed by atoms with Crippen molar-refractivity contribution < 1.29 is 4.79 Å². The monoisotopic (exact) mass is 233 g/mol. The van der Waals surface area contributed by atoms with Crippen molar-refractivity contribution in [3.8, 4) is 0 Å². The first-order valence-corrected chi connectivity index (χ1v) is 6.02. The number of rotatable bonds is 2. The van der Waals surface area contributed by atoms with Crippen LogP contribution in [0.2, 0.25) is 0 Å². The molecule has 0 spiro atoms. The lowest BCUT2D eigenvalue weighted by Gasteiger charge is -2.33. The highest BCUT2D eigenvalue weighted by Crippen LogP contribution is 2.21. The van der Waals surface area contributed by atoms with Crippen LogP contribution in [0.3, 0.4) is 0 Å². The number of hydrogen-bond donors (Lipinski definition) is 0. The van der Waals surface area contributed by atoms with Crippen LogP contribution in [0.15, 0.2) is 18.7 Å². The van der Waals surface area contributed by atoms with Crippen LogP contribution >= 0.6 is 0 Å². The van der Waals surface area contributed by atoms with Crippen LogP contribution in [-0.2, 0) is 17.9 Å². The lowest BCUT2D eigenvalue weighted by molar-refractivity contribution is -0.129. The fourth-order valence-electron chi connectivity index (χ4n) is 2.14. The van der Waals surface area contributed by atoms with Gasteiger partial charge in [0.2, 0.25) is 5.91 Å². The van der Waals surface area contributed by atoms with E-state index < -0.39 is 0 Å². The molecule has 2 heterocycles. The molecule has 0 aromatic carbocycles. The highest BCUT2D eigenvalue weighted by Gasteiger charge is 2.26. The van der Waals surface area contributed by atoms with E-state index in [-0.39, 0.29) is 11.9 Å². The highest BCUT2D eigenvalue weighted by atomic mass is 16.2. The van der Waals surface area contributed by atoms with Gasteiger partial charge in [0, 0.05) is 6.04 Å². The van der Waals surface area contributed by atoms with Gasteiger partial charge in [0.25, 0.3) is 0 Å². The van der Waals surface area contributed by atoms with Crippen molar-refractivity contribution in [2.75, 3.05) is 0 Å². The van der Waals surface area contributed by atoms with Gasteiger partial charge in [0.05, 0.1) is 24.5 Å². The van der Waals surface area contributed by atoms with Crippen molar-refractivity contribution in [3.63, 3.8) is 0 Å². The van der Waals surface area contributed by atoms with Crippen LogP contribution < -0.4 is 0 Å². The standard InChI is InChI=1S/C13H19N3O/c1-5-13(17)15-8-11-6-12(9(2)3)14-16(11)7-10(15)4/h5-6,9-10H,1,7-8H2,2-4H3. The Morgan fingerprint density at radius 2 is 2.35 bits per heavy atom. The summed E-state index contributed by atoms with van der Waals surface area (Å²) in [5.41, 5.74) is 2.21. The van der Waals surface area contributed by atoms with Gasteiger partial charge in [-0.25, -0.2) is 0 Å². The van der Waals surface area contributed by atoms with E-state index in [1.54, 1.807) is 0 Å². The molecule has 4 nitrogen and oxygen atoms in total. The van der Waals surface area contributed by atoms with Gasteiger partial charge in [-0.05, 0) is 25.0 Å². The van der Waals surface area contributed by atoms with E-state index in [9.17, 15) is 4.79 Å². The maximum atomic E-state index is 11.7. The Morgan fingerprint density at radius 3 is 2.94 bits per heavy atom. The Morgan fingerprint density at radius 1 is 1.65 bits per heavy atom. The van der Waals surface area contributed by atoms with E-state index in [1.807, 2.05) is 16.5 Å². The van der Waals surface area contributed by atoms with Crippen molar-refractivity contribution in [2.24, 2.45) is 0 Å². The summed E-state index contributed by atoms with van der Waals surface area (Å²) in [4.78, 5) is 13.5. The summed E-state index contributed by atoms with van der Waals surface area (Å²) in [6.45, 7) is 11.2. The summed E-state index contributed by atoms with van der Waals surface area (Å²) in [5, 5.41) is 4.57. The molecule has 0 saturated carbocycles. The van der Waals surface area contributed by atoms with Gasteiger partial charge in [-0.3, -0.25) is 9.48 Å². The van der Waals surface area contributed by atoms with Gasteiger partial charge in [-0.15, -0.1) is 0 Å². The Bertz CT molecular complexity index is 448. The van der Waals surface area contributed by atoms with Gasteiger partial charge >= 0.3 is 0 Å². The molecule has 92 valence electrons. The number of carbonyl (C=O) groups excluding carboxylic acids is 1. The van der Waals surface area contributed by atoms with E-state index in [0.717, 1.165) is 17.9 Å². The molecule has 2 rings (SSSR count). The lowest BCUT2D eigenvalue weighted by Crippen LogP contribution is -2.44. The zero-order valence-corrected chi connectivity index (χ0v) is 10.7. The second kappa shape index (κ2) is 4.35. The number of amides is 1. The summed E-state index contributed by atoms with van der Waals surface area (Å²) >= 11 is 0. The molecule has 0 saturated heterocycles. The minimum atomic E-state index is -0.00366. The Kier molecular flexibility index (Phi) is 3.05. The molecule has 1 aromatic rings. The molecule has 4 heteroatoms. The SMILES string of the molecule is C=CC(=O)N1Cc2cc(C(C)C)nn2CC1C. The van der Waals surface area contributed by atoms with E-state index in [4.69, 9.17) is 0 Å². The molecular weight excluding hydrogens is 214 g/mol. The first-order chi connectivity index (χ1) is 8.02. The zero-order valence-electron chi connectivity index (χ0n) is 10.7. The maximum absolute atomic E-state index is 11.7. The molecule has 0 radical (unpaired) electrons. The van der Waals surface area contributed by atoms with E-state index in [0.29, 0.717) is 12.5 Å². The van der Waals surface area contributed by atoms with Gasteiger partial charge < -0.3 is 4.90 Å². The van der Waals surface area contributed by atoms with Crippen molar-refractivity contribution in [2.45, 2.75) is 45.8 Å². The average molecular weight is 233 g/mol. The molecule has 1 amide bonds. The van der Waals surface area contributed by atoms with E-state index in [2.05, 4.69) is 31.6 Å². The summed E-state index contributed by atoms with van der Waals surface area (Å²) in [6, 6.07) is 2.27. The second-order valence-corrected chi connectivity index (χ2v) is 4.92. The van der Waals surface area contributed by atoms with Gasteiger partial charge in [-0.1, -0.05) is 20.4 Å². The molecule has 1 unspecified atom stereocenters. The zero-order chi connectivity index (χ0) is 12.6. The predicted molar refractivity (Wildman–Crippen MR) is 66.5 cm³/mol. The lowest BCUT2D eigenvalue weighted by atomic mass is 10.1. The van der Waals surface area contributed by atoms with Crippen LogP contribution in [-0.4, -0.2) is 26.6 Å². The van der Waals surface area contributed by atoms with Gasteiger partial charge in [0.15, 0.2) is 0 Å². The van der Waals surface area contributed by atoms with Gasteiger partial charge in [-0.2, -0.15) is 5.10 Å². The molecule has 1 atom stereocenters. The minimum Gasteiger partial charge on any atom is -0.329 e. The third-order valence-corrected chi connectivity index (χ3v) is 3.23. The Hall–Kier alpha value is -1.58. The largest absolute Gasteiger partial charge is 0.329 e. The fraction of sp³-hybridized carbons (Fsp3) is 0.538. The molecule has 1 aliphatic rings. The van der Waals surface area contributed by atoms with Crippen molar-refractivity contribution in [1.29, 1.82) is 0 Å². The third-order valence-electron chi connectivity index (χ3n) is 3.23. The molecule has 17 heavy (non-hydrogen) atoms. The smallest absolute Gasteiger partial charge is 0.246 e. The summed E-state index contributed by atoms with van der Waals surface area (Å²) < 4.78 is 2.02. The molecule has 0 bridgehead atoms. The van der Waals surface area contributed by atoms with Crippen LogP contribution in [0, 0.1) is 0 Å². The molecule has 1 aliphatic heterocycles. The number of nitrogens with zero attached hydrogens (tertiary/aromatic N) is 3. The summed E-state index contributed by atoms with van der Waals surface area (Å²) in [5.74, 6) is 0.419. The second-order valence-electron chi connectivity index (χ2n) is 4.92. The third kappa shape index (κ3) is 2.12. The molecule has 0 N–H and O–H groups in total. The van der Waals surface area contributed by atoms with Crippen molar-refractivity contribution in [3.05, 3.63) is 30.1 Å². The summed E-state index contributed by atoms with van der Waals surface area (Å²) in [7, 11) is 0. The average Bonchev–Trinajstić information content (AvgIpc) is 2.69. The fourth-order valence-corrected chi connectivity index (χ4v) is 2.14. The topological polar surface area (TPSA) is 38.1 Å². The Balaban J connectivity index is 2.28. The number of fused-ring (bicyclic) bond motifs is 1. The minimum absolute atomic E-state index is 0.00366. The van der Waals surface area contributed by atoms with Crippen LogP contribution in [0.25, 0.3) is 0 Å². The van der Waals surface area contributed by atoms with Gasteiger partial charge in [0.1, 0.15) is 0 Å². The molecule has 0 aliphatic carbocycles. The number of hydrogen-bond acceptors (Lipinski definition) is 2. The quantitative estimate of drug-likeness (QED) is 0.732. The number of aromatic nitrogens is 2. The summed E-state index contributed by atoms with van der Waals surface area (Å²) in [6.07, 6.45) is 1.38. The predicted octanol–water partition coefficient (Wildman–Crippen LogP) is 1.92. The van der Waals surface area contributed by atoms with E-state index in [1.165, 1.54) is 6.08 Å². The number of carbonyl (C=O) groups is 1. The molecule has 1 aromatic heterocycles.